The second-order valence-electron chi connectivity index (χ2n) is 5.13. The molecule has 0 aromatic heterocycles. The molecule has 1 amide bonds. The summed E-state index contributed by atoms with van der Waals surface area (Å²) in [5.41, 5.74) is -0.425. The van der Waals surface area contributed by atoms with Crippen molar-refractivity contribution in [2.45, 2.75) is 38.6 Å². The van der Waals surface area contributed by atoms with E-state index in [1.807, 2.05) is 6.92 Å². The molecule has 1 N–H and O–H groups in total. The van der Waals surface area contributed by atoms with Crippen LogP contribution in [0.3, 0.4) is 0 Å². The van der Waals surface area contributed by atoms with E-state index in [0.29, 0.717) is 6.54 Å². The van der Waals surface area contributed by atoms with Gasteiger partial charge in [-0.25, -0.2) is 0 Å². The highest BCUT2D eigenvalue weighted by Crippen LogP contribution is 2.31. The van der Waals surface area contributed by atoms with E-state index in [1.165, 1.54) is 18.2 Å². The van der Waals surface area contributed by atoms with Crippen LogP contribution < -0.4 is 0 Å². The molecule has 0 bridgehead atoms. The molecule has 1 aromatic rings. The Morgan fingerprint density at radius 1 is 1.40 bits per heavy atom. The summed E-state index contributed by atoms with van der Waals surface area (Å²) in [7, 11) is 0. The molecule has 0 spiro atoms. The van der Waals surface area contributed by atoms with Gasteiger partial charge in [-0.05, 0) is 25.8 Å². The summed E-state index contributed by atoms with van der Waals surface area (Å²) in [4.78, 5) is 24.3. The molecular formula is C14H18N2O4. The number of aromatic hydroxyl groups is 1. The normalized spacial score (nSPS) is 19.4. The predicted molar refractivity (Wildman–Crippen MR) is 73.7 cm³/mol. The van der Waals surface area contributed by atoms with Gasteiger partial charge in [0.05, 0.1) is 10.5 Å². The van der Waals surface area contributed by atoms with Crippen molar-refractivity contribution in [1.29, 1.82) is 0 Å². The van der Waals surface area contributed by atoms with Gasteiger partial charge in [-0.1, -0.05) is 18.9 Å². The van der Waals surface area contributed by atoms with E-state index in [9.17, 15) is 20.0 Å². The van der Waals surface area contributed by atoms with Crippen molar-refractivity contribution >= 4 is 11.6 Å². The van der Waals surface area contributed by atoms with E-state index >= 15 is 0 Å². The lowest BCUT2D eigenvalue weighted by Gasteiger charge is -2.27. The first-order chi connectivity index (χ1) is 9.52. The van der Waals surface area contributed by atoms with Crippen molar-refractivity contribution in [2.24, 2.45) is 0 Å². The molecule has 1 aliphatic heterocycles. The van der Waals surface area contributed by atoms with Gasteiger partial charge in [-0.15, -0.1) is 0 Å². The van der Waals surface area contributed by atoms with Gasteiger partial charge in [-0.2, -0.15) is 0 Å². The quantitative estimate of drug-likeness (QED) is 0.666. The number of carbonyl (C=O) groups excluding carboxylic acids is 1. The van der Waals surface area contributed by atoms with Gasteiger partial charge < -0.3 is 10.0 Å². The molecule has 1 aromatic carbocycles. The average Bonchev–Trinajstić information content (AvgIpc) is 2.62. The van der Waals surface area contributed by atoms with Crippen LogP contribution in [-0.2, 0) is 0 Å². The smallest absolute Gasteiger partial charge is 0.311 e. The largest absolute Gasteiger partial charge is 0.502 e. The van der Waals surface area contributed by atoms with Crippen LogP contribution in [0.1, 0.15) is 43.0 Å². The van der Waals surface area contributed by atoms with Crippen molar-refractivity contribution < 1.29 is 14.8 Å². The highest BCUT2D eigenvalue weighted by atomic mass is 16.6. The lowest BCUT2D eigenvalue weighted by atomic mass is 10.1. The highest BCUT2D eigenvalue weighted by molar-refractivity contribution is 5.98. The zero-order chi connectivity index (χ0) is 14.7. The number of nitro groups is 1. The SMILES string of the molecule is CC1CCCCCN1C(=O)c1cccc([N+](=O)[O-])c1O. The third-order valence-corrected chi connectivity index (χ3v) is 3.76. The van der Waals surface area contributed by atoms with Crippen molar-refractivity contribution in [2.75, 3.05) is 6.54 Å². The number of hydrogen-bond acceptors (Lipinski definition) is 4. The van der Waals surface area contributed by atoms with E-state index in [2.05, 4.69) is 0 Å². The fraction of sp³-hybridized carbons (Fsp3) is 0.500. The fourth-order valence-electron chi connectivity index (χ4n) is 2.58. The number of likely N-dealkylation sites (tertiary alicyclic amines) is 1. The minimum absolute atomic E-state index is 0.00736. The number of amides is 1. The first kappa shape index (κ1) is 14.3. The molecule has 1 fully saturated rings. The van der Waals surface area contributed by atoms with Crippen LogP contribution >= 0.6 is 0 Å². The molecule has 1 saturated heterocycles. The summed E-state index contributed by atoms with van der Waals surface area (Å²) >= 11 is 0. The molecule has 6 nitrogen and oxygen atoms in total. The van der Waals surface area contributed by atoms with Gasteiger partial charge in [0, 0.05) is 18.7 Å². The zero-order valence-corrected chi connectivity index (χ0v) is 11.4. The van der Waals surface area contributed by atoms with Gasteiger partial charge >= 0.3 is 5.69 Å². The Bertz CT molecular complexity index is 530. The molecule has 1 atom stereocenters. The summed E-state index contributed by atoms with van der Waals surface area (Å²) < 4.78 is 0. The van der Waals surface area contributed by atoms with E-state index in [1.54, 1.807) is 4.90 Å². The molecule has 1 unspecified atom stereocenters. The van der Waals surface area contributed by atoms with Gasteiger partial charge in [-0.3, -0.25) is 14.9 Å². The molecule has 1 aliphatic rings. The van der Waals surface area contributed by atoms with E-state index < -0.39 is 16.4 Å². The van der Waals surface area contributed by atoms with Crippen molar-refractivity contribution in [3.05, 3.63) is 33.9 Å². The highest BCUT2D eigenvalue weighted by Gasteiger charge is 2.28. The average molecular weight is 278 g/mol. The maximum Gasteiger partial charge on any atom is 0.311 e. The van der Waals surface area contributed by atoms with E-state index in [4.69, 9.17) is 0 Å². The first-order valence-electron chi connectivity index (χ1n) is 6.79. The lowest BCUT2D eigenvalue weighted by molar-refractivity contribution is -0.385. The van der Waals surface area contributed by atoms with Crippen molar-refractivity contribution in [3.63, 3.8) is 0 Å². The Morgan fingerprint density at radius 2 is 2.15 bits per heavy atom. The molecule has 0 aliphatic carbocycles. The van der Waals surface area contributed by atoms with Crippen LogP contribution in [0.5, 0.6) is 5.75 Å². The molecule has 0 radical (unpaired) electrons. The van der Waals surface area contributed by atoms with Crippen LogP contribution in [0.15, 0.2) is 18.2 Å². The van der Waals surface area contributed by atoms with Crippen LogP contribution in [0.2, 0.25) is 0 Å². The van der Waals surface area contributed by atoms with Crippen LogP contribution in [0.4, 0.5) is 5.69 Å². The summed E-state index contributed by atoms with van der Waals surface area (Å²) in [6, 6.07) is 4.14. The third-order valence-electron chi connectivity index (χ3n) is 3.76. The van der Waals surface area contributed by atoms with Crippen LogP contribution in [0, 0.1) is 10.1 Å². The molecule has 20 heavy (non-hydrogen) atoms. The summed E-state index contributed by atoms with van der Waals surface area (Å²) in [6.45, 7) is 2.60. The maximum atomic E-state index is 12.5. The second kappa shape index (κ2) is 5.90. The molecular weight excluding hydrogens is 260 g/mol. The number of nitro benzene ring substituents is 1. The number of phenols is 1. The molecule has 108 valence electrons. The summed E-state index contributed by atoms with van der Waals surface area (Å²) in [6.07, 6.45) is 3.99. The number of nitrogens with zero attached hydrogens (tertiary/aromatic N) is 2. The third kappa shape index (κ3) is 2.74. The Kier molecular flexibility index (Phi) is 4.22. The number of rotatable bonds is 2. The van der Waals surface area contributed by atoms with Gasteiger partial charge in [0.2, 0.25) is 5.75 Å². The second-order valence-corrected chi connectivity index (χ2v) is 5.13. The standard InChI is InChI=1S/C14H18N2O4/c1-10-6-3-2-4-9-15(10)14(18)11-7-5-8-12(13(11)17)16(19)20/h5,7-8,10,17H,2-4,6,9H2,1H3. The number of phenolic OH excluding ortho intramolecular Hbond substituents is 1. The molecule has 2 rings (SSSR count). The van der Waals surface area contributed by atoms with Crippen LogP contribution in [0.25, 0.3) is 0 Å². The Hall–Kier alpha value is -2.11. The van der Waals surface area contributed by atoms with E-state index in [-0.39, 0.29) is 17.5 Å². The first-order valence-corrected chi connectivity index (χ1v) is 6.79. The topological polar surface area (TPSA) is 83.7 Å². The maximum absolute atomic E-state index is 12.5. The number of hydrogen-bond donors (Lipinski definition) is 1. The molecule has 0 saturated carbocycles. The molecule has 1 heterocycles. The number of carbonyl (C=O) groups is 1. The Balaban J connectivity index is 2.33. The summed E-state index contributed by atoms with van der Waals surface area (Å²) in [5.74, 6) is -0.875. The number of benzene rings is 1. The monoisotopic (exact) mass is 278 g/mol. The lowest BCUT2D eigenvalue weighted by Crippen LogP contribution is -2.38. The molecule has 6 heteroatoms. The van der Waals surface area contributed by atoms with Crippen molar-refractivity contribution in [3.8, 4) is 5.75 Å². The predicted octanol–water partition coefficient (Wildman–Crippen LogP) is 2.71. The Morgan fingerprint density at radius 3 is 2.85 bits per heavy atom. The van der Waals surface area contributed by atoms with Gasteiger partial charge in [0.1, 0.15) is 0 Å². The minimum Gasteiger partial charge on any atom is -0.502 e. The Labute approximate surface area is 117 Å². The van der Waals surface area contributed by atoms with Gasteiger partial charge in [0.15, 0.2) is 0 Å². The summed E-state index contributed by atoms with van der Waals surface area (Å²) in [5, 5.41) is 20.7. The zero-order valence-electron chi connectivity index (χ0n) is 11.4. The number of para-hydroxylation sites is 1. The minimum atomic E-state index is -0.683. The van der Waals surface area contributed by atoms with Crippen LogP contribution in [-0.4, -0.2) is 33.4 Å². The van der Waals surface area contributed by atoms with Crippen molar-refractivity contribution in [1.82, 2.24) is 4.90 Å². The fourth-order valence-corrected chi connectivity index (χ4v) is 2.58. The van der Waals surface area contributed by atoms with E-state index in [0.717, 1.165) is 25.7 Å². The van der Waals surface area contributed by atoms with Gasteiger partial charge in [0.25, 0.3) is 5.91 Å².